The van der Waals surface area contributed by atoms with E-state index in [0.717, 1.165) is 14.0 Å². The lowest BCUT2D eigenvalue weighted by atomic mass is 10.1. The van der Waals surface area contributed by atoms with Gasteiger partial charge in [0.15, 0.2) is 11.5 Å². The van der Waals surface area contributed by atoms with Gasteiger partial charge in [-0.1, -0.05) is 11.6 Å². The van der Waals surface area contributed by atoms with Crippen LogP contribution >= 0.6 is 34.2 Å². The highest BCUT2D eigenvalue weighted by molar-refractivity contribution is 14.1. The lowest BCUT2D eigenvalue weighted by molar-refractivity contribution is -0.384. The van der Waals surface area contributed by atoms with Crippen molar-refractivity contribution in [3.05, 3.63) is 96.2 Å². The van der Waals surface area contributed by atoms with Crippen molar-refractivity contribution in [3.8, 4) is 11.5 Å². The van der Waals surface area contributed by atoms with E-state index in [0.29, 0.717) is 34.4 Å². The first-order valence-corrected chi connectivity index (χ1v) is 12.2. The largest absolute Gasteiger partial charge is 0.490 e. The monoisotopic (exact) mass is 619 g/mol. The van der Waals surface area contributed by atoms with Crippen molar-refractivity contribution in [3.63, 3.8) is 0 Å². The third-order valence-corrected chi connectivity index (χ3v) is 6.19. The minimum atomic E-state index is -0.559. The Labute approximate surface area is 224 Å². The number of benzene rings is 3. The second-order valence-corrected chi connectivity index (χ2v) is 9.18. The van der Waals surface area contributed by atoms with Crippen molar-refractivity contribution in [2.75, 3.05) is 11.5 Å². The second kappa shape index (κ2) is 11.0. The molecule has 0 radical (unpaired) electrons. The maximum absolute atomic E-state index is 12.9. The summed E-state index contributed by atoms with van der Waals surface area (Å²) < 4.78 is 12.5. The van der Waals surface area contributed by atoms with Crippen LogP contribution in [0.1, 0.15) is 18.1 Å². The predicted octanol–water partition coefficient (Wildman–Crippen LogP) is 5.93. The van der Waals surface area contributed by atoms with Crippen LogP contribution in [0.3, 0.4) is 0 Å². The van der Waals surface area contributed by atoms with Crippen LogP contribution in [0.2, 0.25) is 5.02 Å². The number of nitro groups is 1. The number of hydrogen-bond donors (Lipinski definition) is 1. The zero-order valence-electron chi connectivity index (χ0n) is 18.9. The topological polar surface area (TPSA) is 111 Å². The zero-order chi connectivity index (χ0) is 25.8. The van der Waals surface area contributed by atoms with E-state index in [9.17, 15) is 19.7 Å². The molecule has 0 aromatic heterocycles. The van der Waals surface area contributed by atoms with Gasteiger partial charge in [0.05, 0.1) is 20.8 Å². The van der Waals surface area contributed by atoms with E-state index in [4.69, 9.17) is 21.1 Å². The highest BCUT2D eigenvalue weighted by atomic mass is 127. The van der Waals surface area contributed by atoms with E-state index in [-0.39, 0.29) is 18.0 Å². The predicted molar refractivity (Wildman–Crippen MR) is 143 cm³/mol. The molecule has 0 aliphatic carbocycles. The Morgan fingerprint density at radius 3 is 2.42 bits per heavy atom. The number of halogens is 2. The zero-order valence-corrected chi connectivity index (χ0v) is 21.8. The van der Waals surface area contributed by atoms with Crippen molar-refractivity contribution in [1.29, 1.82) is 0 Å². The van der Waals surface area contributed by atoms with Crippen LogP contribution in [0.5, 0.6) is 11.5 Å². The van der Waals surface area contributed by atoms with Gasteiger partial charge in [0, 0.05) is 17.2 Å². The van der Waals surface area contributed by atoms with E-state index >= 15 is 0 Å². The van der Waals surface area contributed by atoms with E-state index in [1.807, 2.05) is 6.92 Å². The highest BCUT2D eigenvalue weighted by Gasteiger charge is 2.34. The molecular weight excluding hydrogens is 601 g/mol. The quantitative estimate of drug-likeness (QED) is 0.110. The Balaban J connectivity index is 1.57. The van der Waals surface area contributed by atoms with Gasteiger partial charge in [0.2, 0.25) is 0 Å². The second-order valence-electron chi connectivity index (χ2n) is 7.58. The van der Waals surface area contributed by atoms with Gasteiger partial charge < -0.3 is 14.8 Å². The molecule has 4 rings (SSSR count). The Morgan fingerprint density at radius 1 is 1.08 bits per heavy atom. The maximum atomic E-state index is 12.9. The molecule has 1 N–H and O–H groups in total. The van der Waals surface area contributed by atoms with Gasteiger partial charge in [-0.2, -0.15) is 0 Å². The Bertz CT molecular complexity index is 1360. The maximum Gasteiger partial charge on any atom is 0.333 e. The van der Waals surface area contributed by atoms with Crippen LogP contribution in [0.25, 0.3) is 6.08 Å². The standard InChI is InChI=1S/C25H19ClIN3O6/c1-2-35-22-13-16(11-20(27)23(22)36-14-15-3-7-19(8-4-15)30(33)34)12-21-24(31)29(25(32)28-21)18-9-5-17(26)6-10-18/h3-13H,2,14H2,1H3,(H,28,32)/b21-12+. The molecule has 184 valence electrons. The first-order valence-electron chi connectivity index (χ1n) is 10.7. The summed E-state index contributed by atoms with van der Waals surface area (Å²) in [6, 6.07) is 15.4. The van der Waals surface area contributed by atoms with E-state index in [1.54, 1.807) is 54.6 Å². The summed E-state index contributed by atoms with van der Waals surface area (Å²) in [6.07, 6.45) is 1.57. The summed E-state index contributed by atoms with van der Waals surface area (Å²) in [7, 11) is 0. The molecule has 1 aliphatic heterocycles. The van der Waals surface area contributed by atoms with Gasteiger partial charge in [-0.05, 0) is 95.2 Å². The molecule has 1 fully saturated rings. The summed E-state index contributed by atoms with van der Waals surface area (Å²) in [5.74, 6) is 0.473. The fourth-order valence-corrected chi connectivity index (χ4v) is 4.38. The van der Waals surface area contributed by atoms with Crippen molar-refractivity contribution in [2.24, 2.45) is 0 Å². The molecule has 0 bridgehead atoms. The third kappa shape index (κ3) is 5.60. The number of rotatable bonds is 8. The first-order chi connectivity index (χ1) is 17.3. The van der Waals surface area contributed by atoms with Crippen LogP contribution in [-0.4, -0.2) is 23.5 Å². The van der Waals surface area contributed by atoms with Gasteiger partial charge in [0.25, 0.3) is 11.6 Å². The van der Waals surface area contributed by atoms with Crippen molar-refractivity contribution in [2.45, 2.75) is 13.5 Å². The average molecular weight is 620 g/mol. The van der Waals surface area contributed by atoms with Gasteiger partial charge >= 0.3 is 6.03 Å². The van der Waals surface area contributed by atoms with E-state index in [1.165, 1.54) is 12.1 Å². The smallest absolute Gasteiger partial charge is 0.333 e. The first kappa shape index (κ1) is 25.5. The summed E-state index contributed by atoms with van der Waals surface area (Å²) in [4.78, 5) is 36.8. The molecule has 0 spiro atoms. The molecule has 1 saturated heterocycles. The lowest BCUT2D eigenvalue weighted by Crippen LogP contribution is -2.30. The number of ether oxygens (including phenoxy) is 2. The van der Waals surface area contributed by atoms with Crippen LogP contribution in [0.15, 0.2) is 66.4 Å². The summed E-state index contributed by atoms with van der Waals surface area (Å²) in [6.45, 7) is 2.39. The van der Waals surface area contributed by atoms with Crippen LogP contribution in [0, 0.1) is 13.7 Å². The summed E-state index contributed by atoms with van der Waals surface area (Å²) in [5.41, 5.74) is 1.92. The van der Waals surface area contributed by atoms with Crippen LogP contribution < -0.4 is 19.7 Å². The molecule has 0 atom stereocenters. The van der Waals surface area contributed by atoms with Crippen molar-refractivity contribution in [1.82, 2.24) is 5.32 Å². The molecule has 36 heavy (non-hydrogen) atoms. The van der Waals surface area contributed by atoms with Gasteiger partial charge in [-0.3, -0.25) is 14.9 Å². The number of imide groups is 1. The fourth-order valence-electron chi connectivity index (χ4n) is 3.47. The number of anilines is 1. The number of hydrogen-bond acceptors (Lipinski definition) is 6. The third-order valence-electron chi connectivity index (χ3n) is 5.14. The van der Waals surface area contributed by atoms with E-state index < -0.39 is 16.9 Å². The number of nitro benzene ring substituents is 1. The number of amides is 3. The molecule has 0 saturated carbocycles. The molecule has 1 heterocycles. The normalized spacial score (nSPS) is 14.2. The summed E-state index contributed by atoms with van der Waals surface area (Å²) in [5, 5.41) is 13.9. The molecule has 11 heteroatoms. The molecule has 3 aromatic carbocycles. The molecule has 3 amide bonds. The Hall–Kier alpha value is -3.64. The number of non-ortho nitro benzene ring substituents is 1. The fraction of sp³-hybridized carbons (Fsp3) is 0.120. The molecule has 9 nitrogen and oxygen atoms in total. The highest BCUT2D eigenvalue weighted by Crippen LogP contribution is 2.36. The van der Waals surface area contributed by atoms with Crippen molar-refractivity contribution < 1.29 is 24.0 Å². The summed E-state index contributed by atoms with van der Waals surface area (Å²) >= 11 is 8.01. The van der Waals surface area contributed by atoms with E-state index in [2.05, 4.69) is 27.9 Å². The molecular formula is C25H19ClIN3O6. The average Bonchev–Trinajstić information content (AvgIpc) is 3.12. The lowest BCUT2D eigenvalue weighted by Gasteiger charge is -2.15. The SMILES string of the molecule is CCOc1cc(/C=C2/NC(=O)N(c3ccc(Cl)cc3)C2=O)cc(I)c1OCc1ccc([N+](=O)[O-])cc1. The molecule has 0 unspecified atom stereocenters. The minimum Gasteiger partial charge on any atom is -0.490 e. The number of carbonyl (C=O) groups is 2. The Morgan fingerprint density at radius 2 is 1.78 bits per heavy atom. The number of urea groups is 1. The number of carbonyl (C=O) groups excluding carboxylic acids is 2. The van der Waals surface area contributed by atoms with Gasteiger partial charge in [-0.15, -0.1) is 0 Å². The van der Waals surface area contributed by atoms with Crippen LogP contribution in [-0.2, 0) is 11.4 Å². The number of nitrogens with zero attached hydrogens (tertiary/aromatic N) is 2. The van der Waals surface area contributed by atoms with Crippen molar-refractivity contribution >= 4 is 63.6 Å². The molecule has 1 aliphatic rings. The van der Waals surface area contributed by atoms with Crippen LogP contribution in [0.4, 0.5) is 16.2 Å². The Kier molecular flexibility index (Phi) is 7.75. The van der Waals surface area contributed by atoms with Gasteiger partial charge in [-0.25, -0.2) is 9.69 Å². The minimum absolute atomic E-state index is 0.00362. The molecule has 3 aromatic rings. The number of nitrogens with one attached hydrogen (secondary N) is 1. The van der Waals surface area contributed by atoms with Gasteiger partial charge in [0.1, 0.15) is 12.3 Å².